The second kappa shape index (κ2) is 6.96. The molecule has 0 radical (unpaired) electrons. The molecule has 1 heterocycles. The molecule has 2 unspecified atom stereocenters. The van der Waals surface area contributed by atoms with Crippen LogP contribution in [0.4, 0.5) is 0 Å². The summed E-state index contributed by atoms with van der Waals surface area (Å²) >= 11 is 0. The Morgan fingerprint density at radius 1 is 1.24 bits per heavy atom. The Morgan fingerprint density at radius 2 is 1.92 bits per heavy atom. The highest BCUT2D eigenvalue weighted by molar-refractivity contribution is 7.46. The average molecular weight is 376 g/mol. The van der Waals surface area contributed by atoms with Crippen molar-refractivity contribution >= 4 is 7.82 Å². The predicted octanol–water partition coefficient (Wildman–Crippen LogP) is 2.74. The topological polar surface area (TPSA) is 104 Å². The van der Waals surface area contributed by atoms with Gasteiger partial charge in [-0.25, -0.2) is 9.45 Å². The largest absolute Gasteiger partial charge is 0.524 e. The molecule has 1 saturated heterocycles. The van der Waals surface area contributed by atoms with E-state index in [-0.39, 0.29) is 12.4 Å². The van der Waals surface area contributed by atoms with Crippen molar-refractivity contribution in [2.24, 2.45) is 5.41 Å². The van der Waals surface area contributed by atoms with Crippen LogP contribution in [0.1, 0.15) is 33.3 Å². The van der Waals surface area contributed by atoms with Crippen LogP contribution in [0.3, 0.4) is 0 Å². The minimum absolute atomic E-state index is 0.00280. The fraction of sp³-hybridized carbons (Fsp3) is 0.625. The molecule has 0 amide bonds. The van der Waals surface area contributed by atoms with Crippen LogP contribution in [-0.2, 0) is 29.6 Å². The van der Waals surface area contributed by atoms with Gasteiger partial charge in [0.25, 0.3) is 5.79 Å². The Bertz CT molecular complexity index is 648. The van der Waals surface area contributed by atoms with Crippen LogP contribution in [0.15, 0.2) is 24.3 Å². The molecule has 0 spiro atoms. The molecule has 1 aliphatic heterocycles. The van der Waals surface area contributed by atoms with E-state index < -0.39 is 24.6 Å². The lowest BCUT2D eigenvalue weighted by Gasteiger charge is -2.60. The van der Waals surface area contributed by atoms with Gasteiger partial charge in [-0.15, -0.1) is 0 Å². The fourth-order valence-electron chi connectivity index (χ4n) is 2.91. The zero-order valence-corrected chi connectivity index (χ0v) is 15.9. The van der Waals surface area contributed by atoms with Gasteiger partial charge in [-0.2, -0.15) is 4.89 Å². The number of benzene rings is 1. The molecule has 0 bridgehead atoms. The van der Waals surface area contributed by atoms with Gasteiger partial charge in [-0.3, -0.25) is 9.79 Å². The molecule has 8 nitrogen and oxygen atoms in total. The van der Waals surface area contributed by atoms with Crippen LogP contribution in [0.5, 0.6) is 5.75 Å². The van der Waals surface area contributed by atoms with Crippen LogP contribution in [0.25, 0.3) is 0 Å². The van der Waals surface area contributed by atoms with E-state index >= 15 is 0 Å². The summed E-state index contributed by atoms with van der Waals surface area (Å²) in [5.74, 6) is -1.31. The summed E-state index contributed by atoms with van der Waals surface area (Å²) in [7, 11) is -3.20. The maximum absolute atomic E-state index is 11.1. The van der Waals surface area contributed by atoms with E-state index in [4.69, 9.17) is 29.0 Å². The molecule has 2 N–H and O–H groups in total. The summed E-state index contributed by atoms with van der Waals surface area (Å²) in [6, 6.07) is 6.20. The summed E-state index contributed by atoms with van der Waals surface area (Å²) in [5, 5.41) is 0. The lowest BCUT2D eigenvalue weighted by atomic mass is 9.68. The Balaban J connectivity index is 2.49. The summed E-state index contributed by atoms with van der Waals surface area (Å²) in [6.45, 7) is 8.49. The number of hydrogen-bond donors (Lipinski definition) is 2. The fourth-order valence-corrected chi connectivity index (χ4v) is 3.30. The molecular formula is C16H25O8P. The maximum atomic E-state index is 11.1. The van der Waals surface area contributed by atoms with E-state index in [2.05, 4.69) is 4.52 Å². The van der Waals surface area contributed by atoms with Crippen LogP contribution in [-0.4, -0.2) is 35.7 Å². The van der Waals surface area contributed by atoms with Crippen LogP contribution >= 0.6 is 7.82 Å². The minimum Gasteiger partial charge on any atom is -0.404 e. The number of rotatable bonds is 7. The van der Waals surface area contributed by atoms with Gasteiger partial charge in [-0.1, -0.05) is 32.9 Å². The van der Waals surface area contributed by atoms with Crippen molar-refractivity contribution in [2.75, 3.05) is 20.3 Å². The van der Waals surface area contributed by atoms with Crippen molar-refractivity contribution in [3.63, 3.8) is 0 Å². The van der Waals surface area contributed by atoms with Gasteiger partial charge in [0.15, 0.2) is 5.60 Å². The molecule has 1 fully saturated rings. The van der Waals surface area contributed by atoms with Crippen molar-refractivity contribution in [3.8, 4) is 5.75 Å². The Labute approximate surface area is 147 Å². The normalized spacial score (nSPS) is 27.0. The second-order valence-corrected chi connectivity index (χ2v) is 7.97. The monoisotopic (exact) mass is 376 g/mol. The number of ether oxygens (including phenoxy) is 2. The Morgan fingerprint density at radius 3 is 2.36 bits per heavy atom. The lowest BCUT2D eigenvalue weighted by molar-refractivity contribution is -0.637. The predicted molar refractivity (Wildman–Crippen MR) is 88.7 cm³/mol. The van der Waals surface area contributed by atoms with E-state index in [0.29, 0.717) is 12.2 Å². The molecule has 1 aliphatic rings. The molecule has 0 aliphatic carbocycles. The Kier molecular flexibility index (Phi) is 5.66. The maximum Gasteiger partial charge on any atom is 0.524 e. The summed E-state index contributed by atoms with van der Waals surface area (Å²) in [5.41, 5.74) is -0.899. The summed E-state index contributed by atoms with van der Waals surface area (Å²) < 4.78 is 27.1. The van der Waals surface area contributed by atoms with Crippen LogP contribution in [0.2, 0.25) is 0 Å². The molecular weight excluding hydrogens is 351 g/mol. The van der Waals surface area contributed by atoms with Crippen molar-refractivity contribution < 1.29 is 38.1 Å². The molecule has 1 aromatic carbocycles. The van der Waals surface area contributed by atoms with Gasteiger partial charge >= 0.3 is 7.82 Å². The van der Waals surface area contributed by atoms with Gasteiger partial charge in [0, 0.05) is 24.7 Å². The van der Waals surface area contributed by atoms with Gasteiger partial charge in [0.05, 0.1) is 6.61 Å². The Hall–Kier alpha value is -0.990. The molecule has 0 aromatic heterocycles. The molecule has 1 aromatic rings. The van der Waals surface area contributed by atoms with Crippen molar-refractivity contribution in [1.82, 2.24) is 0 Å². The number of phosphoric ester groups is 1. The number of methoxy groups -OCH3 is 1. The van der Waals surface area contributed by atoms with Crippen LogP contribution in [0, 0.1) is 5.41 Å². The zero-order chi connectivity index (χ0) is 18.9. The minimum atomic E-state index is -4.68. The highest BCUT2D eigenvalue weighted by atomic mass is 31.2. The average Bonchev–Trinajstić information content (AvgIpc) is 2.45. The smallest absolute Gasteiger partial charge is 0.404 e. The SMILES string of the molecule is CCOCC1(C(C)(C)C)OOC1(OC)c1cccc(OP(=O)(O)O)c1. The van der Waals surface area contributed by atoms with E-state index in [1.54, 1.807) is 12.1 Å². The van der Waals surface area contributed by atoms with E-state index in [1.165, 1.54) is 19.2 Å². The second-order valence-electron chi connectivity index (χ2n) is 6.81. The quantitative estimate of drug-likeness (QED) is 0.553. The third-order valence-corrected chi connectivity index (χ3v) is 4.73. The van der Waals surface area contributed by atoms with Gasteiger partial charge in [0.1, 0.15) is 5.75 Å². The van der Waals surface area contributed by atoms with Crippen molar-refractivity contribution in [2.45, 2.75) is 39.1 Å². The van der Waals surface area contributed by atoms with Gasteiger partial charge in [0.2, 0.25) is 0 Å². The molecule has 0 saturated carbocycles. The van der Waals surface area contributed by atoms with Gasteiger partial charge in [-0.05, 0) is 19.1 Å². The third-order valence-electron chi connectivity index (χ3n) is 4.28. The van der Waals surface area contributed by atoms with E-state index in [1.807, 2.05) is 27.7 Å². The molecule has 25 heavy (non-hydrogen) atoms. The van der Waals surface area contributed by atoms with Gasteiger partial charge < -0.3 is 14.0 Å². The first-order valence-electron chi connectivity index (χ1n) is 7.87. The van der Waals surface area contributed by atoms with Crippen molar-refractivity contribution in [1.29, 1.82) is 0 Å². The highest BCUT2D eigenvalue weighted by Crippen LogP contribution is 2.58. The summed E-state index contributed by atoms with van der Waals surface area (Å²) in [4.78, 5) is 29.0. The molecule has 9 heteroatoms. The van der Waals surface area contributed by atoms with Crippen LogP contribution < -0.4 is 4.52 Å². The first-order valence-corrected chi connectivity index (χ1v) is 9.40. The number of phosphoric acid groups is 1. The third kappa shape index (κ3) is 3.61. The standard InChI is InChI=1S/C16H25O8P/c1-6-21-11-15(14(2,3)4)16(20-5,24-23-15)12-8-7-9-13(10-12)22-25(17,18)19/h7-10H,6,11H2,1-5H3,(H2,17,18,19). The zero-order valence-electron chi connectivity index (χ0n) is 15.0. The molecule has 142 valence electrons. The molecule has 2 rings (SSSR count). The van der Waals surface area contributed by atoms with Crippen molar-refractivity contribution in [3.05, 3.63) is 29.8 Å². The van der Waals surface area contributed by atoms with E-state index in [9.17, 15) is 4.57 Å². The lowest BCUT2D eigenvalue weighted by Crippen LogP contribution is -2.73. The summed E-state index contributed by atoms with van der Waals surface area (Å²) in [6.07, 6.45) is 0. The molecule has 2 atom stereocenters. The first kappa shape index (κ1) is 20.3. The highest BCUT2D eigenvalue weighted by Gasteiger charge is 2.71. The first-order chi connectivity index (χ1) is 11.5. The number of hydrogen-bond acceptors (Lipinski definition) is 6. The van der Waals surface area contributed by atoms with E-state index in [0.717, 1.165) is 0 Å².